The lowest BCUT2D eigenvalue weighted by Crippen LogP contribution is -2.35. The Morgan fingerprint density at radius 1 is 0.809 bits per heavy atom. The van der Waals surface area contributed by atoms with Gasteiger partial charge in [-0.05, 0) is 72.0 Å². The molecule has 47 heavy (non-hydrogen) atoms. The van der Waals surface area contributed by atoms with E-state index in [1.807, 2.05) is 0 Å². The zero-order valence-electron chi connectivity index (χ0n) is 26.5. The molecular formula is C36H40F4O7. The van der Waals surface area contributed by atoms with Crippen molar-refractivity contribution >= 4 is 17.9 Å². The van der Waals surface area contributed by atoms with E-state index in [0.29, 0.717) is 23.3 Å². The molecule has 0 fully saturated rings. The van der Waals surface area contributed by atoms with Crippen molar-refractivity contribution < 1.29 is 51.3 Å². The van der Waals surface area contributed by atoms with Crippen LogP contribution in [0.1, 0.15) is 92.4 Å². The van der Waals surface area contributed by atoms with Crippen LogP contribution in [0, 0.1) is 5.82 Å². The zero-order chi connectivity index (χ0) is 34.4. The fraction of sp³-hybridized carbons (Fsp3) is 0.417. The lowest BCUT2D eigenvalue weighted by molar-refractivity contribution is -0.208. The van der Waals surface area contributed by atoms with Crippen molar-refractivity contribution in [1.82, 2.24) is 0 Å². The van der Waals surface area contributed by atoms with Crippen LogP contribution in [-0.2, 0) is 14.3 Å². The molecule has 0 aromatic heterocycles. The molecule has 1 N–H and O–H groups in total. The summed E-state index contributed by atoms with van der Waals surface area (Å²) in [6, 6.07) is 14.0. The first-order chi connectivity index (χ1) is 22.4. The zero-order valence-corrected chi connectivity index (χ0v) is 26.5. The number of rotatable bonds is 18. The number of alkyl halides is 3. The van der Waals surface area contributed by atoms with Gasteiger partial charge in [0.25, 0.3) is 0 Å². The third kappa shape index (κ3) is 11.5. The van der Waals surface area contributed by atoms with Crippen LogP contribution in [0.3, 0.4) is 0 Å². The second-order valence-corrected chi connectivity index (χ2v) is 11.1. The summed E-state index contributed by atoms with van der Waals surface area (Å²) < 4.78 is 70.4. The average molecular weight is 661 g/mol. The maximum absolute atomic E-state index is 15.2. The molecule has 0 saturated carbocycles. The van der Waals surface area contributed by atoms with Gasteiger partial charge in [0, 0.05) is 19.4 Å². The largest absolute Gasteiger partial charge is 0.478 e. The Bertz CT molecular complexity index is 1490. The Morgan fingerprint density at radius 2 is 1.47 bits per heavy atom. The fourth-order valence-corrected chi connectivity index (χ4v) is 4.94. The second-order valence-electron chi connectivity index (χ2n) is 11.1. The lowest BCUT2D eigenvalue weighted by atomic mass is 9.92. The summed E-state index contributed by atoms with van der Waals surface area (Å²) in [5.74, 6) is -3.88. The first kappa shape index (κ1) is 37.2. The summed E-state index contributed by atoms with van der Waals surface area (Å²) in [5.41, 5.74) is 0.751. The van der Waals surface area contributed by atoms with E-state index in [1.165, 1.54) is 43.5 Å². The number of hydrogen-bond donors (Lipinski definition) is 1. The Hall–Kier alpha value is -4.25. The highest BCUT2D eigenvalue weighted by molar-refractivity contribution is 5.95. The van der Waals surface area contributed by atoms with Crippen molar-refractivity contribution in [3.05, 3.63) is 77.6 Å². The van der Waals surface area contributed by atoms with E-state index in [1.54, 1.807) is 31.2 Å². The van der Waals surface area contributed by atoms with Gasteiger partial charge in [0.05, 0.1) is 17.7 Å². The molecule has 0 amide bonds. The number of benzene rings is 3. The van der Waals surface area contributed by atoms with Gasteiger partial charge in [0.15, 0.2) is 6.10 Å². The Kier molecular flexibility index (Phi) is 14.4. The van der Waals surface area contributed by atoms with Crippen LogP contribution in [0.5, 0.6) is 5.75 Å². The third-order valence-electron chi connectivity index (χ3n) is 7.49. The van der Waals surface area contributed by atoms with Gasteiger partial charge in [0.1, 0.15) is 11.6 Å². The van der Waals surface area contributed by atoms with Crippen LogP contribution in [0.2, 0.25) is 0 Å². The van der Waals surface area contributed by atoms with Crippen LogP contribution < -0.4 is 4.74 Å². The highest BCUT2D eigenvalue weighted by Crippen LogP contribution is 2.35. The number of unbranched alkanes of at least 4 members (excludes halogenated alkanes) is 6. The maximum Gasteiger partial charge on any atom is 0.425 e. The van der Waals surface area contributed by atoms with Crippen molar-refractivity contribution in [1.29, 1.82) is 0 Å². The molecule has 0 aliphatic rings. The van der Waals surface area contributed by atoms with Gasteiger partial charge >= 0.3 is 24.1 Å². The van der Waals surface area contributed by atoms with E-state index in [2.05, 4.69) is 11.7 Å². The summed E-state index contributed by atoms with van der Waals surface area (Å²) in [5, 5.41) is 9.58. The molecule has 11 heteroatoms. The van der Waals surface area contributed by atoms with Gasteiger partial charge in [0.2, 0.25) is 0 Å². The lowest BCUT2D eigenvalue weighted by Gasteiger charge is -2.21. The number of carboxylic acid groups (broad SMARTS) is 1. The van der Waals surface area contributed by atoms with Crippen LogP contribution in [0.25, 0.3) is 22.3 Å². The highest BCUT2D eigenvalue weighted by Gasteiger charge is 2.43. The first-order valence-electron chi connectivity index (χ1n) is 15.8. The number of esters is 2. The van der Waals surface area contributed by atoms with Gasteiger partial charge < -0.3 is 19.3 Å². The van der Waals surface area contributed by atoms with E-state index < -0.39 is 42.0 Å². The van der Waals surface area contributed by atoms with Crippen molar-refractivity contribution in [2.24, 2.45) is 0 Å². The molecule has 0 spiro atoms. The van der Waals surface area contributed by atoms with Crippen molar-refractivity contribution in [2.75, 3.05) is 13.2 Å². The number of hydrogen-bond acceptors (Lipinski definition) is 6. The van der Waals surface area contributed by atoms with Crippen LogP contribution in [0.4, 0.5) is 17.6 Å². The van der Waals surface area contributed by atoms with Crippen LogP contribution in [0.15, 0.2) is 60.7 Å². The smallest absolute Gasteiger partial charge is 0.425 e. The predicted octanol–water partition coefficient (Wildman–Crippen LogP) is 9.42. The number of ether oxygens (including phenoxy) is 3. The molecule has 0 aliphatic carbocycles. The standard InChI is InChI=1S/C36H40F4O7/c1-3-5-6-7-8-9-10-11-33(41)46-27-16-12-24(13-17-27)28-18-15-26(34(42)43)22-30(28)25-14-19-29(31(37)23-25)35(44)47-32(36(38,39)40)20-21-45-4-2/h12-19,22-23,32H,3-11,20-21H2,1-2H3,(H,42,43)/t32-/m1/s1. The normalized spacial score (nSPS) is 12.0. The van der Waals surface area contributed by atoms with Crippen molar-refractivity contribution in [3.8, 4) is 28.0 Å². The summed E-state index contributed by atoms with van der Waals surface area (Å²) in [7, 11) is 0. The van der Waals surface area contributed by atoms with Gasteiger partial charge in [-0.3, -0.25) is 4.79 Å². The van der Waals surface area contributed by atoms with Crippen LogP contribution in [-0.4, -0.2) is 48.5 Å². The van der Waals surface area contributed by atoms with Gasteiger partial charge in [-0.25, -0.2) is 14.0 Å². The Balaban J connectivity index is 1.78. The summed E-state index contributed by atoms with van der Waals surface area (Å²) in [6.45, 7) is 3.64. The molecule has 7 nitrogen and oxygen atoms in total. The molecular weight excluding hydrogens is 620 g/mol. The molecule has 0 unspecified atom stereocenters. The number of carboxylic acids is 1. The molecule has 3 rings (SSSR count). The van der Waals surface area contributed by atoms with E-state index in [0.717, 1.165) is 37.8 Å². The van der Waals surface area contributed by atoms with Gasteiger partial charge in [-0.2, -0.15) is 13.2 Å². The number of aromatic carboxylic acids is 1. The summed E-state index contributed by atoms with van der Waals surface area (Å²) >= 11 is 0. The fourth-order valence-electron chi connectivity index (χ4n) is 4.94. The topological polar surface area (TPSA) is 99.1 Å². The SMILES string of the molecule is CCCCCCCCCC(=O)Oc1ccc(-c2ccc(C(=O)O)cc2-c2ccc(C(=O)O[C@H](CCOCC)C(F)(F)F)c(F)c2)cc1. The molecule has 0 bridgehead atoms. The monoisotopic (exact) mass is 660 g/mol. The molecule has 3 aromatic carbocycles. The molecule has 0 radical (unpaired) electrons. The number of carbonyl (C=O) groups is 3. The average Bonchev–Trinajstić information content (AvgIpc) is 3.03. The highest BCUT2D eigenvalue weighted by atomic mass is 19.4. The minimum absolute atomic E-state index is 0.0918. The van der Waals surface area contributed by atoms with Crippen molar-refractivity contribution in [3.63, 3.8) is 0 Å². The minimum atomic E-state index is -4.88. The van der Waals surface area contributed by atoms with E-state index >= 15 is 4.39 Å². The Labute approximate surface area is 271 Å². The van der Waals surface area contributed by atoms with Crippen molar-refractivity contribution in [2.45, 2.75) is 83.9 Å². The first-order valence-corrected chi connectivity index (χ1v) is 15.8. The van der Waals surface area contributed by atoms with E-state index in [9.17, 15) is 32.7 Å². The molecule has 1 atom stereocenters. The number of carbonyl (C=O) groups excluding carboxylic acids is 2. The minimum Gasteiger partial charge on any atom is -0.478 e. The molecule has 0 heterocycles. The quantitative estimate of drug-likeness (QED) is 0.0628. The van der Waals surface area contributed by atoms with Gasteiger partial charge in [-0.1, -0.05) is 69.7 Å². The second kappa shape index (κ2) is 18.2. The summed E-state index contributed by atoms with van der Waals surface area (Å²) in [4.78, 5) is 36.6. The molecule has 3 aromatic rings. The van der Waals surface area contributed by atoms with E-state index in [-0.39, 0.29) is 35.9 Å². The number of halogens is 4. The van der Waals surface area contributed by atoms with Gasteiger partial charge in [-0.15, -0.1) is 0 Å². The Morgan fingerprint density at radius 3 is 2.09 bits per heavy atom. The third-order valence-corrected chi connectivity index (χ3v) is 7.49. The maximum atomic E-state index is 15.2. The molecule has 0 saturated heterocycles. The predicted molar refractivity (Wildman–Crippen MR) is 169 cm³/mol. The van der Waals surface area contributed by atoms with Crippen LogP contribution >= 0.6 is 0 Å². The summed E-state index contributed by atoms with van der Waals surface area (Å²) in [6.07, 6.45) is -0.185. The molecule has 0 aliphatic heterocycles. The van der Waals surface area contributed by atoms with E-state index in [4.69, 9.17) is 9.47 Å². The molecule has 254 valence electrons.